The van der Waals surface area contributed by atoms with Crippen molar-refractivity contribution in [3.63, 3.8) is 0 Å². The number of ether oxygens (including phenoxy) is 3. The minimum atomic E-state index is -4.64. The molecule has 30 heavy (non-hydrogen) atoms. The first-order valence-electron chi connectivity index (χ1n) is 9.14. The third-order valence-electron chi connectivity index (χ3n) is 4.57. The van der Waals surface area contributed by atoms with Crippen LogP contribution in [0.1, 0.15) is 18.4 Å². The summed E-state index contributed by atoms with van der Waals surface area (Å²) in [5.74, 6) is -1.40. The van der Waals surface area contributed by atoms with Crippen LogP contribution in [0.25, 0.3) is 0 Å². The Bertz CT molecular complexity index is 929. The standard InChI is InChI=1S/C21H20F3NO5/c1-28-19(26)17-5-3-4-8-25(18(17)20(27)29-2)15-9-14(21(22,23)24)10-16(11-15)30-12-13-6-7-13/h3-5,8-11,13H,6-7,12H2,1-2H3. The monoisotopic (exact) mass is 423 g/mol. The molecule has 1 aromatic carbocycles. The van der Waals surface area contributed by atoms with Crippen LogP contribution < -0.4 is 9.64 Å². The molecule has 6 nitrogen and oxygen atoms in total. The summed E-state index contributed by atoms with van der Waals surface area (Å²) in [5.41, 5.74) is -1.40. The van der Waals surface area contributed by atoms with Crippen LogP contribution in [-0.2, 0) is 25.2 Å². The molecule has 0 aromatic heterocycles. The van der Waals surface area contributed by atoms with Gasteiger partial charge in [0, 0.05) is 12.3 Å². The van der Waals surface area contributed by atoms with Gasteiger partial charge < -0.3 is 19.1 Å². The fourth-order valence-corrected chi connectivity index (χ4v) is 2.83. The van der Waals surface area contributed by atoms with E-state index in [4.69, 9.17) is 14.2 Å². The molecular formula is C21H20F3NO5. The lowest BCUT2D eigenvalue weighted by Crippen LogP contribution is -2.27. The molecule has 1 aliphatic heterocycles. The Balaban J connectivity index is 2.13. The Kier molecular flexibility index (Phi) is 6.19. The Morgan fingerprint density at radius 3 is 2.37 bits per heavy atom. The van der Waals surface area contributed by atoms with Gasteiger partial charge in [-0.15, -0.1) is 0 Å². The van der Waals surface area contributed by atoms with Crippen molar-refractivity contribution in [3.8, 4) is 5.75 Å². The molecule has 0 spiro atoms. The number of allylic oxidation sites excluding steroid dienone is 2. The number of carbonyl (C=O) groups excluding carboxylic acids is 2. The summed E-state index contributed by atoms with van der Waals surface area (Å²) in [6, 6.07) is 3.16. The minimum Gasteiger partial charge on any atom is -0.493 e. The van der Waals surface area contributed by atoms with Crippen molar-refractivity contribution in [3.05, 3.63) is 59.5 Å². The zero-order chi connectivity index (χ0) is 21.9. The van der Waals surface area contributed by atoms with E-state index >= 15 is 0 Å². The van der Waals surface area contributed by atoms with E-state index in [0.29, 0.717) is 12.5 Å². The summed E-state index contributed by atoms with van der Waals surface area (Å²) < 4.78 is 55.6. The molecule has 0 N–H and O–H groups in total. The Hall–Kier alpha value is -3.23. The topological polar surface area (TPSA) is 65.1 Å². The third-order valence-corrected chi connectivity index (χ3v) is 4.57. The fourth-order valence-electron chi connectivity index (χ4n) is 2.83. The van der Waals surface area contributed by atoms with E-state index < -0.39 is 23.7 Å². The molecular weight excluding hydrogens is 403 g/mol. The number of esters is 2. The van der Waals surface area contributed by atoms with E-state index in [0.717, 1.165) is 44.1 Å². The first-order chi connectivity index (χ1) is 14.2. The maximum Gasteiger partial charge on any atom is 0.416 e. The number of carbonyl (C=O) groups is 2. The normalized spacial score (nSPS) is 16.4. The van der Waals surface area contributed by atoms with Crippen LogP contribution in [0, 0.1) is 5.92 Å². The minimum absolute atomic E-state index is 0.0150. The largest absolute Gasteiger partial charge is 0.493 e. The molecule has 0 unspecified atom stereocenters. The molecule has 1 aliphatic carbocycles. The van der Waals surface area contributed by atoms with Crippen LogP contribution in [0.15, 0.2) is 53.9 Å². The Labute approximate surface area is 171 Å². The first-order valence-corrected chi connectivity index (χ1v) is 9.14. The van der Waals surface area contributed by atoms with E-state index in [-0.39, 0.29) is 22.7 Å². The number of methoxy groups -OCH3 is 2. The summed E-state index contributed by atoms with van der Waals surface area (Å²) >= 11 is 0. The number of benzene rings is 1. The van der Waals surface area contributed by atoms with Gasteiger partial charge in [-0.1, -0.05) is 6.08 Å². The summed E-state index contributed by atoms with van der Waals surface area (Å²) in [6.07, 6.45) is 2.94. The van der Waals surface area contributed by atoms with Gasteiger partial charge in [0.15, 0.2) is 0 Å². The molecule has 1 fully saturated rings. The molecule has 1 saturated carbocycles. The lowest BCUT2D eigenvalue weighted by molar-refractivity contribution is -0.139. The molecule has 1 heterocycles. The van der Waals surface area contributed by atoms with E-state index in [2.05, 4.69) is 0 Å². The molecule has 1 aromatic rings. The zero-order valence-corrected chi connectivity index (χ0v) is 16.4. The van der Waals surface area contributed by atoms with Crippen LogP contribution in [0.5, 0.6) is 5.75 Å². The summed E-state index contributed by atoms with van der Waals surface area (Å²) in [5, 5.41) is 0. The van der Waals surface area contributed by atoms with Crippen molar-refractivity contribution in [1.29, 1.82) is 0 Å². The van der Waals surface area contributed by atoms with Crippen LogP contribution >= 0.6 is 0 Å². The number of rotatable bonds is 6. The van der Waals surface area contributed by atoms with Crippen molar-refractivity contribution < 1.29 is 37.0 Å². The lowest BCUT2D eigenvalue weighted by atomic mass is 10.1. The molecule has 0 bridgehead atoms. The molecule has 0 saturated heterocycles. The molecule has 9 heteroatoms. The van der Waals surface area contributed by atoms with Crippen molar-refractivity contribution in [2.24, 2.45) is 5.92 Å². The molecule has 2 aliphatic rings. The highest BCUT2D eigenvalue weighted by atomic mass is 19.4. The van der Waals surface area contributed by atoms with Gasteiger partial charge in [0.25, 0.3) is 0 Å². The number of anilines is 1. The number of alkyl halides is 3. The van der Waals surface area contributed by atoms with Crippen LogP contribution in [0.3, 0.4) is 0 Å². The van der Waals surface area contributed by atoms with Gasteiger partial charge in [-0.3, -0.25) is 0 Å². The smallest absolute Gasteiger partial charge is 0.416 e. The number of halogens is 3. The second-order valence-corrected chi connectivity index (χ2v) is 6.78. The first kappa shape index (κ1) is 21.5. The van der Waals surface area contributed by atoms with Gasteiger partial charge in [0.2, 0.25) is 0 Å². The van der Waals surface area contributed by atoms with Gasteiger partial charge in [-0.2, -0.15) is 13.2 Å². The molecule has 0 atom stereocenters. The summed E-state index contributed by atoms with van der Waals surface area (Å²) in [7, 11) is 2.24. The van der Waals surface area contributed by atoms with Gasteiger partial charge in [-0.05, 0) is 43.0 Å². The van der Waals surface area contributed by atoms with Crippen molar-refractivity contribution in [1.82, 2.24) is 0 Å². The van der Waals surface area contributed by atoms with Crippen molar-refractivity contribution in [2.75, 3.05) is 25.7 Å². The van der Waals surface area contributed by atoms with Gasteiger partial charge >= 0.3 is 18.1 Å². The second kappa shape index (κ2) is 8.64. The summed E-state index contributed by atoms with van der Waals surface area (Å²) in [6.45, 7) is 0.311. The Morgan fingerprint density at radius 1 is 1.07 bits per heavy atom. The van der Waals surface area contributed by atoms with E-state index in [1.165, 1.54) is 30.5 Å². The van der Waals surface area contributed by atoms with Crippen LogP contribution in [0.2, 0.25) is 0 Å². The average Bonchev–Trinajstić information content (AvgIpc) is 3.56. The highest BCUT2D eigenvalue weighted by Gasteiger charge is 2.34. The second-order valence-electron chi connectivity index (χ2n) is 6.78. The highest BCUT2D eigenvalue weighted by molar-refractivity contribution is 6.05. The molecule has 0 amide bonds. The quantitative estimate of drug-likeness (QED) is 0.645. The maximum atomic E-state index is 13.5. The van der Waals surface area contributed by atoms with Gasteiger partial charge in [0.05, 0.1) is 37.7 Å². The Morgan fingerprint density at radius 2 is 1.77 bits per heavy atom. The highest BCUT2D eigenvalue weighted by Crippen LogP contribution is 2.38. The SMILES string of the molecule is COC(=O)C1=C(C(=O)OC)N(c2cc(OCC3CC3)cc(C(F)(F)F)c2)C=CC=C1. The molecule has 3 rings (SSSR count). The predicted molar refractivity (Wildman–Crippen MR) is 101 cm³/mol. The van der Waals surface area contributed by atoms with Crippen LogP contribution in [-0.4, -0.2) is 32.8 Å². The molecule has 160 valence electrons. The molecule has 0 radical (unpaired) electrons. The number of nitrogens with zero attached hydrogens (tertiary/aromatic N) is 1. The van der Waals surface area contributed by atoms with Crippen molar-refractivity contribution >= 4 is 17.6 Å². The maximum absolute atomic E-state index is 13.5. The number of hydrogen-bond donors (Lipinski definition) is 0. The van der Waals surface area contributed by atoms with E-state index in [1.54, 1.807) is 0 Å². The number of hydrogen-bond acceptors (Lipinski definition) is 6. The average molecular weight is 423 g/mol. The van der Waals surface area contributed by atoms with Gasteiger partial charge in [-0.25, -0.2) is 9.59 Å². The van der Waals surface area contributed by atoms with Crippen LogP contribution in [0.4, 0.5) is 18.9 Å². The lowest BCUT2D eigenvalue weighted by Gasteiger charge is -2.24. The third kappa shape index (κ3) is 4.84. The summed E-state index contributed by atoms with van der Waals surface area (Å²) in [4.78, 5) is 25.8. The van der Waals surface area contributed by atoms with Gasteiger partial charge in [0.1, 0.15) is 11.4 Å². The van der Waals surface area contributed by atoms with E-state index in [1.807, 2.05) is 0 Å². The fraction of sp³-hybridized carbons (Fsp3) is 0.333. The van der Waals surface area contributed by atoms with E-state index in [9.17, 15) is 22.8 Å². The van der Waals surface area contributed by atoms with Crippen molar-refractivity contribution in [2.45, 2.75) is 19.0 Å². The zero-order valence-electron chi connectivity index (χ0n) is 16.4. The predicted octanol–water partition coefficient (Wildman–Crippen LogP) is 3.98.